The predicted molar refractivity (Wildman–Crippen MR) is 133 cm³/mol. The van der Waals surface area contributed by atoms with Crippen LogP contribution in [0.5, 0.6) is 0 Å². The molecule has 14 heteroatoms. The third-order valence-corrected chi connectivity index (χ3v) is 6.68. The van der Waals surface area contributed by atoms with E-state index < -0.39 is 35.1 Å². The van der Waals surface area contributed by atoms with Gasteiger partial charge in [0.05, 0.1) is 18.3 Å². The van der Waals surface area contributed by atoms with Gasteiger partial charge in [-0.05, 0) is 37.4 Å². The first-order valence-electron chi connectivity index (χ1n) is 12.4. The molecule has 11 nitrogen and oxygen atoms in total. The summed E-state index contributed by atoms with van der Waals surface area (Å²) in [6.07, 6.45) is -0.928. The van der Waals surface area contributed by atoms with E-state index in [4.69, 9.17) is 9.63 Å². The quantitative estimate of drug-likeness (QED) is 0.275. The lowest BCUT2D eigenvalue weighted by molar-refractivity contribution is -0.185. The van der Waals surface area contributed by atoms with Crippen molar-refractivity contribution in [3.63, 3.8) is 0 Å². The number of carbonyl (C=O) groups is 1. The number of carboxylic acids is 1. The zero-order chi connectivity index (χ0) is 28.5. The number of piperidine rings is 1. The van der Waals surface area contributed by atoms with Crippen LogP contribution in [0.3, 0.4) is 0 Å². The monoisotopic (exact) mass is 558 g/mol. The van der Waals surface area contributed by atoms with Gasteiger partial charge in [0, 0.05) is 30.3 Å². The van der Waals surface area contributed by atoms with Crippen LogP contribution in [0, 0.1) is 5.92 Å². The molecule has 210 valence electrons. The highest BCUT2D eigenvalue weighted by atomic mass is 19.4. The van der Waals surface area contributed by atoms with Crippen LogP contribution in [-0.2, 0) is 16.8 Å². The zero-order valence-corrected chi connectivity index (χ0v) is 21.0. The van der Waals surface area contributed by atoms with E-state index in [1.54, 1.807) is 6.07 Å². The maximum Gasteiger partial charge on any atom is 0.434 e. The van der Waals surface area contributed by atoms with Crippen LogP contribution in [0.2, 0.25) is 0 Å². The Balaban J connectivity index is 1.34. The average Bonchev–Trinajstić information content (AvgIpc) is 3.57. The van der Waals surface area contributed by atoms with Crippen molar-refractivity contribution < 1.29 is 37.8 Å². The van der Waals surface area contributed by atoms with Crippen LogP contribution >= 0.6 is 0 Å². The molecule has 1 aromatic carbocycles. The molecule has 1 atom stereocenters. The van der Waals surface area contributed by atoms with E-state index in [-0.39, 0.29) is 36.1 Å². The number of alkyl halides is 3. The molecule has 1 aliphatic heterocycles. The molecule has 3 aromatic heterocycles. The lowest BCUT2D eigenvalue weighted by Crippen LogP contribution is -2.45. The fourth-order valence-corrected chi connectivity index (χ4v) is 4.88. The van der Waals surface area contributed by atoms with E-state index in [2.05, 4.69) is 20.2 Å². The second-order valence-electron chi connectivity index (χ2n) is 9.66. The number of aliphatic carboxylic acids is 1. The molecule has 4 aromatic rings. The van der Waals surface area contributed by atoms with Crippen molar-refractivity contribution in [2.75, 3.05) is 19.6 Å². The van der Waals surface area contributed by atoms with E-state index >= 15 is 0 Å². The number of carboxylic acid groups (broad SMARTS) is 1. The number of aliphatic hydroxyl groups is 2. The van der Waals surface area contributed by atoms with Crippen LogP contribution < -0.4 is 0 Å². The Kier molecular flexibility index (Phi) is 7.40. The Morgan fingerprint density at radius 1 is 1.12 bits per heavy atom. The highest BCUT2D eigenvalue weighted by Crippen LogP contribution is 2.38. The van der Waals surface area contributed by atoms with Crippen molar-refractivity contribution in [3.8, 4) is 28.7 Å². The van der Waals surface area contributed by atoms with Crippen molar-refractivity contribution in [3.05, 3.63) is 66.1 Å². The second kappa shape index (κ2) is 10.8. The molecule has 1 saturated heterocycles. The Hall–Kier alpha value is -4.14. The minimum atomic E-state index is -4.80. The van der Waals surface area contributed by atoms with Gasteiger partial charge in [-0.15, -0.1) is 0 Å². The summed E-state index contributed by atoms with van der Waals surface area (Å²) in [5.41, 5.74) is -0.984. The SMILES string of the molecule is O=C(O)C[C@H]1CCCN(CC(O)(O)c2ccc(-c3noc(-c4cnn(-c5ccccn5)c4C(F)(F)F)n3)cc2)C1. The van der Waals surface area contributed by atoms with Gasteiger partial charge in [0.2, 0.25) is 11.6 Å². The Bertz CT molecular complexity index is 1470. The zero-order valence-electron chi connectivity index (χ0n) is 21.0. The van der Waals surface area contributed by atoms with Crippen molar-refractivity contribution in [2.24, 2.45) is 5.92 Å². The van der Waals surface area contributed by atoms with Gasteiger partial charge in [0.1, 0.15) is 0 Å². The molecular formula is C26H25F3N6O5. The van der Waals surface area contributed by atoms with E-state index in [0.29, 0.717) is 23.3 Å². The first kappa shape index (κ1) is 27.4. The number of likely N-dealkylation sites (tertiary alicyclic amines) is 1. The summed E-state index contributed by atoms with van der Waals surface area (Å²) in [5.74, 6) is -3.60. The van der Waals surface area contributed by atoms with E-state index in [1.807, 2.05) is 4.90 Å². The largest absolute Gasteiger partial charge is 0.481 e. The van der Waals surface area contributed by atoms with Crippen molar-refractivity contribution in [1.29, 1.82) is 0 Å². The summed E-state index contributed by atoms with van der Waals surface area (Å²) in [6.45, 7) is 0.935. The van der Waals surface area contributed by atoms with Gasteiger partial charge in [-0.25, -0.2) is 9.67 Å². The van der Waals surface area contributed by atoms with Crippen LogP contribution in [0.1, 0.15) is 30.5 Å². The fourth-order valence-electron chi connectivity index (χ4n) is 4.88. The van der Waals surface area contributed by atoms with E-state index in [1.165, 1.54) is 42.6 Å². The third-order valence-electron chi connectivity index (χ3n) is 6.68. The molecule has 1 fully saturated rings. The number of nitrogens with zero attached hydrogens (tertiary/aromatic N) is 6. The van der Waals surface area contributed by atoms with Gasteiger partial charge < -0.3 is 19.8 Å². The maximum atomic E-state index is 14.0. The number of aromatic nitrogens is 5. The number of hydrogen-bond acceptors (Lipinski definition) is 9. The summed E-state index contributed by atoms with van der Waals surface area (Å²) in [4.78, 5) is 20.9. The van der Waals surface area contributed by atoms with E-state index in [0.717, 1.165) is 19.0 Å². The molecule has 0 amide bonds. The highest BCUT2D eigenvalue weighted by Gasteiger charge is 2.41. The van der Waals surface area contributed by atoms with Gasteiger partial charge in [-0.1, -0.05) is 35.5 Å². The highest BCUT2D eigenvalue weighted by molar-refractivity contribution is 5.67. The topological polar surface area (TPSA) is 151 Å². The van der Waals surface area contributed by atoms with Gasteiger partial charge in [-0.3, -0.25) is 9.69 Å². The predicted octanol–water partition coefficient (Wildman–Crippen LogP) is 3.33. The molecule has 5 rings (SSSR count). The van der Waals surface area contributed by atoms with Crippen molar-refractivity contribution >= 4 is 5.97 Å². The van der Waals surface area contributed by atoms with Crippen LogP contribution in [0.15, 0.2) is 59.4 Å². The molecule has 0 spiro atoms. The number of halogens is 3. The minimum Gasteiger partial charge on any atom is -0.481 e. The third kappa shape index (κ3) is 5.88. The van der Waals surface area contributed by atoms with E-state index in [9.17, 15) is 28.2 Å². The lowest BCUT2D eigenvalue weighted by atomic mass is 9.94. The lowest BCUT2D eigenvalue weighted by Gasteiger charge is -2.36. The van der Waals surface area contributed by atoms with Gasteiger partial charge in [-0.2, -0.15) is 23.3 Å². The molecule has 0 radical (unpaired) electrons. The van der Waals surface area contributed by atoms with Crippen LogP contribution in [0.25, 0.3) is 28.7 Å². The number of pyridine rings is 1. The number of β-amino-alcohol motifs (C(OH)–C–C–N with tert-alkyl or cyclic N) is 2. The number of hydrogen-bond donors (Lipinski definition) is 3. The second-order valence-corrected chi connectivity index (χ2v) is 9.66. The number of benzene rings is 1. The van der Waals surface area contributed by atoms with Crippen molar-refractivity contribution in [1.82, 2.24) is 29.8 Å². The van der Waals surface area contributed by atoms with Crippen molar-refractivity contribution in [2.45, 2.75) is 31.2 Å². The smallest absolute Gasteiger partial charge is 0.434 e. The molecule has 0 saturated carbocycles. The Labute approximate surface area is 225 Å². The Morgan fingerprint density at radius 2 is 1.90 bits per heavy atom. The molecule has 3 N–H and O–H groups in total. The standard InChI is InChI=1S/C26H25F3N6O5/c27-26(28,29)22-19(13-31-35(22)20-5-1-2-10-30-20)24-32-23(33-40-24)17-6-8-18(9-7-17)25(38,39)15-34-11-3-4-16(14-34)12-21(36)37/h1-2,5-10,13,16,38-39H,3-4,11-12,14-15H2,(H,36,37)/t16-/m1/s1. The molecule has 4 heterocycles. The summed E-state index contributed by atoms with van der Waals surface area (Å²) >= 11 is 0. The summed E-state index contributed by atoms with van der Waals surface area (Å²) in [6, 6.07) is 10.4. The minimum absolute atomic E-state index is 0.00529. The van der Waals surface area contributed by atoms with Crippen LogP contribution in [-0.4, -0.2) is 70.7 Å². The Morgan fingerprint density at radius 3 is 2.58 bits per heavy atom. The number of rotatable bonds is 8. The summed E-state index contributed by atoms with van der Waals surface area (Å²) in [7, 11) is 0. The molecule has 0 bridgehead atoms. The molecular weight excluding hydrogens is 533 g/mol. The summed E-state index contributed by atoms with van der Waals surface area (Å²) in [5, 5.41) is 38.2. The molecule has 1 aliphatic rings. The molecule has 0 unspecified atom stereocenters. The van der Waals surface area contributed by atoms with Gasteiger partial charge in [0.15, 0.2) is 11.5 Å². The first-order valence-corrected chi connectivity index (χ1v) is 12.4. The first-order chi connectivity index (χ1) is 19.0. The molecule has 40 heavy (non-hydrogen) atoms. The summed E-state index contributed by atoms with van der Waals surface area (Å²) < 4.78 is 47.8. The average molecular weight is 559 g/mol. The van der Waals surface area contributed by atoms with Gasteiger partial charge >= 0.3 is 12.1 Å². The van der Waals surface area contributed by atoms with Crippen LogP contribution in [0.4, 0.5) is 13.2 Å². The maximum absolute atomic E-state index is 14.0. The fraction of sp³-hybridized carbons (Fsp3) is 0.346. The normalized spacial score (nSPS) is 16.8. The molecule has 0 aliphatic carbocycles. The van der Waals surface area contributed by atoms with Gasteiger partial charge in [0.25, 0.3) is 5.89 Å².